The van der Waals surface area contributed by atoms with Crippen LogP contribution in [0.4, 0.5) is 0 Å². The van der Waals surface area contributed by atoms with Crippen molar-refractivity contribution in [1.82, 2.24) is 0 Å². The van der Waals surface area contributed by atoms with Gasteiger partial charge in [-0.25, -0.2) is 0 Å². The monoisotopic (exact) mass is 809 g/mol. The van der Waals surface area contributed by atoms with Crippen LogP contribution in [0.2, 0.25) is 0 Å². The topological polar surface area (TPSA) is 128 Å². The molecule has 0 radical (unpaired) electrons. The SMILES string of the molecule is CCCCCCCCC=CCCCCCCCC(=O)OCC(CN=Cc1ccc(CC(N)C(=O)O)cc1)COC(=O)CCCCCCCC=CCCCCCCCC. The molecule has 1 aromatic carbocycles. The van der Waals surface area contributed by atoms with Crippen molar-refractivity contribution in [3.05, 3.63) is 59.7 Å². The second-order valence-electron chi connectivity index (χ2n) is 16.3. The van der Waals surface area contributed by atoms with Crippen LogP contribution in [0.25, 0.3) is 0 Å². The molecule has 0 aliphatic carbocycles. The third-order valence-electron chi connectivity index (χ3n) is 10.6. The predicted molar refractivity (Wildman–Crippen MR) is 243 cm³/mol. The molecule has 0 aromatic heterocycles. The molecule has 3 N–H and O–H groups in total. The average Bonchev–Trinajstić information content (AvgIpc) is 3.22. The fourth-order valence-corrected chi connectivity index (χ4v) is 6.79. The number of carboxylic acids is 1. The van der Waals surface area contributed by atoms with Gasteiger partial charge in [0.25, 0.3) is 0 Å². The summed E-state index contributed by atoms with van der Waals surface area (Å²) in [5, 5.41) is 9.08. The number of rotatable bonds is 40. The Morgan fingerprint density at radius 2 is 0.966 bits per heavy atom. The Balaban J connectivity index is 2.37. The fraction of sp³-hybridized carbons (Fsp3) is 0.720. The summed E-state index contributed by atoms with van der Waals surface area (Å²) in [6.45, 7) is 5.15. The molecule has 0 aliphatic rings. The van der Waals surface area contributed by atoms with Gasteiger partial charge in [-0.1, -0.05) is 165 Å². The predicted octanol–water partition coefficient (Wildman–Crippen LogP) is 12.8. The lowest BCUT2D eigenvalue weighted by molar-refractivity contribution is -0.149. The zero-order valence-electron chi connectivity index (χ0n) is 37.0. The molecule has 0 amide bonds. The van der Waals surface area contributed by atoms with Crippen LogP contribution < -0.4 is 5.73 Å². The van der Waals surface area contributed by atoms with E-state index in [0.717, 1.165) is 62.5 Å². The van der Waals surface area contributed by atoms with E-state index < -0.39 is 12.0 Å². The van der Waals surface area contributed by atoms with E-state index in [2.05, 4.69) is 43.1 Å². The molecule has 58 heavy (non-hydrogen) atoms. The number of esters is 2. The number of aliphatic carboxylic acids is 1. The number of unbranched alkanes of at least 4 members (excludes halogenated alkanes) is 22. The lowest BCUT2D eigenvalue weighted by Crippen LogP contribution is -2.32. The Bertz CT molecular complexity index is 1170. The highest BCUT2D eigenvalue weighted by molar-refractivity contribution is 5.79. The van der Waals surface area contributed by atoms with Crippen LogP contribution in [0.3, 0.4) is 0 Å². The molecule has 8 heteroatoms. The minimum Gasteiger partial charge on any atom is -0.480 e. The molecule has 0 saturated heterocycles. The maximum atomic E-state index is 12.6. The Hall–Kier alpha value is -3.26. The van der Waals surface area contributed by atoms with Gasteiger partial charge >= 0.3 is 17.9 Å². The molecule has 1 aromatic rings. The Labute approximate surface area is 354 Å². The molecule has 0 aliphatic heterocycles. The van der Waals surface area contributed by atoms with Gasteiger partial charge in [-0.05, 0) is 81.8 Å². The second-order valence-corrected chi connectivity index (χ2v) is 16.3. The Morgan fingerprint density at radius 1 is 0.586 bits per heavy atom. The van der Waals surface area contributed by atoms with Crippen LogP contribution in [0, 0.1) is 5.92 Å². The number of carbonyl (C=O) groups excluding carboxylic acids is 2. The number of nitrogens with zero attached hydrogens (tertiary/aromatic N) is 1. The number of allylic oxidation sites excluding steroid dienone is 4. The number of hydrogen-bond donors (Lipinski definition) is 2. The second kappa shape index (κ2) is 39.2. The van der Waals surface area contributed by atoms with Crippen molar-refractivity contribution in [1.29, 1.82) is 0 Å². The molecular formula is C50H84N2O6. The molecule has 0 fully saturated rings. The first-order valence-corrected chi connectivity index (χ1v) is 23.5. The maximum absolute atomic E-state index is 12.6. The summed E-state index contributed by atoms with van der Waals surface area (Å²) >= 11 is 0. The summed E-state index contributed by atoms with van der Waals surface area (Å²) in [5.41, 5.74) is 7.35. The van der Waals surface area contributed by atoms with Crippen LogP contribution in [-0.4, -0.2) is 55.0 Å². The van der Waals surface area contributed by atoms with Gasteiger partial charge in [0.1, 0.15) is 6.04 Å². The molecule has 8 nitrogen and oxygen atoms in total. The molecule has 1 atom stereocenters. The lowest BCUT2D eigenvalue weighted by atomic mass is 10.1. The van der Waals surface area contributed by atoms with Crippen molar-refractivity contribution in [3.8, 4) is 0 Å². The quantitative estimate of drug-likeness (QED) is 0.0292. The van der Waals surface area contributed by atoms with Crippen molar-refractivity contribution < 1.29 is 29.0 Å². The maximum Gasteiger partial charge on any atom is 0.320 e. The van der Waals surface area contributed by atoms with E-state index in [1.165, 1.54) is 116 Å². The third kappa shape index (κ3) is 33.7. The van der Waals surface area contributed by atoms with Gasteiger partial charge < -0.3 is 20.3 Å². The van der Waals surface area contributed by atoms with Gasteiger partial charge in [0.05, 0.1) is 13.2 Å². The summed E-state index contributed by atoms with van der Waals surface area (Å²) in [5.74, 6) is -1.72. The van der Waals surface area contributed by atoms with E-state index in [4.69, 9.17) is 20.3 Å². The summed E-state index contributed by atoms with van der Waals surface area (Å²) in [4.78, 5) is 40.9. The number of ether oxygens (including phenoxy) is 2. The fourth-order valence-electron chi connectivity index (χ4n) is 6.79. The largest absolute Gasteiger partial charge is 0.480 e. The summed E-state index contributed by atoms with van der Waals surface area (Å²) in [6.07, 6.45) is 43.5. The standard InChI is InChI=1S/C50H84N2O6/c1-3-5-7-9-11-13-15-17-19-21-23-25-27-29-31-33-48(53)57-42-46(41-52-40-45-37-35-44(36-38-45)39-47(51)50(55)56)43-58-49(54)34-32-30-28-26-24-22-20-18-16-14-12-10-8-6-4-2/h17-20,35-38,40,46-47H,3-16,21-34,39,41-43,51H2,1-2H3,(H,55,56). The van der Waals surface area contributed by atoms with Crippen molar-refractivity contribution >= 4 is 24.1 Å². The molecule has 0 heterocycles. The zero-order chi connectivity index (χ0) is 42.2. The van der Waals surface area contributed by atoms with Gasteiger partial charge in [-0.3, -0.25) is 19.4 Å². The molecular weight excluding hydrogens is 725 g/mol. The van der Waals surface area contributed by atoms with Gasteiger partial charge in [0, 0.05) is 31.5 Å². The van der Waals surface area contributed by atoms with E-state index in [-0.39, 0.29) is 37.5 Å². The van der Waals surface area contributed by atoms with Crippen molar-refractivity contribution in [2.75, 3.05) is 19.8 Å². The molecule has 1 unspecified atom stereocenters. The third-order valence-corrected chi connectivity index (χ3v) is 10.6. The highest BCUT2D eigenvalue weighted by Gasteiger charge is 2.15. The zero-order valence-corrected chi connectivity index (χ0v) is 37.0. The highest BCUT2D eigenvalue weighted by Crippen LogP contribution is 2.14. The molecule has 330 valence electrons. The highest BCUT2D eigenvalue weighted by atomic mass is 16.5. The average molecular weight is 809 g/mol. The number of aliphatic imine (C=N–C) groups is 1. The van der Waals surface area contributed by atoms with E-state index in [1.807, 2.05) is 24.3 Å². The summed E-state index contributed by atoms with van der Waals surface area (Å²) < 4.78 is 11.3. The molecule has 0 saturated carbocycles. The minimum absolute atomic E-state index is 0.147. The van der Waals surface area contributed by atoms with Gasteiger partial charge in [0.15, 0.2) is 0 Å². The van der Waals surface area contributed by atoms with Crippen molar-refractivity contribution in [3.63, 3.8) is 0 Å². The number of carbonyl (C=O) groups is 3. The summed E-state index contributed by atoms with van der Waals surface area (Å²) in [6, 6.07) is 6.47. The van der Waals surface area contributed by atoms with Crippen LogP contribution in [-0.2, 0) is 30.3 Å². The van der Waals surface area contributed by atoms with E-state index in [1.54, 1.807) is 6.21 Å². The van der Waals surface area contributed by atoms with E-state index in [0.29, 0.717) is 19.4 Å². The smallest absolute Gasteiger partial charge is 0.320 e. The van der Waals surface area contributed by atoms with Crippen LogP contribution in [0.1, 0.15) is 205 Å². The molecule has 1 rings (SSSR count). The van der Waals surface area contributed by atoms with E-state index >= 15 is 0 Å². The van der Waals surface area contributed by atoms with Gasteiger partial charge in [-0.2, -0.15) is 0 Å². The number of nitrogens with two attached hydrogens (primary N) is 1. The van der Waals surface area contributed by atoms with Crippen molar-refractivity contribution in [2.24, 2.45) is 16.6 Å². The van der Waals surface area contributed by atoms with Crippen LogP contribution in [0.5, 0.6) is 0 Å². The minimum atomic E-state index is -1.03. The van der Waals surface area contributed by atoms with Crippen molar-refractivity contribution in [2.45, 2.75) is 206 Å². The number of carboxylic acid groups (broad SMARTS) is 1. The number of hydrogen-bond acceptors (Lipinski definition) is 7. The van der Waals surface area contributed by atoms with Gasteiger partial charge in [-0.15, -0.1) is 0 Å². The normalized spacial score (nSPS) is 12.8. The first-order chi connectivity index (χ1) is 28.3. The Kier molecular flexibility index (Phi) is 35.7. The number of benzene rings is 1. The Morgan fingerprint density at radius 3 is 1.36 bits per heavy atom. The lowest BCUT2D eigenvalue weighted by Gasteiger charge is -2.15. The first kappa shape index (κ1) is 52.8. The van der Waals surface area contributed by atoms with Crippen LogP contribution >= 0.6 is 0 Å². The molecule has 0 bridgehead atoms. The first-order valence-electron chi connectivity index (χ1n) is 23.5. The van der Waals surface area contributed by atoms with Crippen LogP contribution in [0.15, 0.2) is 53.6 Å². The molecule has 0 spiro atoms. The van der Waals surface area contributed by atoms with E-state index in [9.17, 15) is 14.4 Å². The summed E-state index contributed by atoms with van der Waals surface area (Å²) in [7, 11) is 0. The van der Waals surface area contributed by atoms with Gasteiger partial charge in [0.2, 0.25) is 0 Å².